The molecule has 1 unspecified atom stereocenters. The second-order valence-corrected chi connectivity index (χ2v) is 5.35. The van der Waals surface area contributed by atoms with Crippen molar-refractivity contribution in [3.63, 3.8) is 0 Å². The SMILES string of the molecule is CCCC(NS(=O)(=O)CCC(F)(F)F)C(=O)O. The van der Waals surface area contributed by atoms with Gasteiger partial charge in [-0.2, -0.15) is 13.2 Å². The Morgan fingerprint density at radius 3 is 2.29 bits per heavy atom. The van der Waals surface area contributed by atoms with E-state index in [9.17, 15) is 26.4 Å². The molecule has 0 rings (SSSR count). The minimum atomic E-state index is -4.59. The predicted octanol–water partition coefficient (Wildman–Crippen LogP) is 1.11. The first kappa shape index (κ1) is 16.2. The molecule has 0 saturated carbocycles. The van der Waals surface area contributed by atoms with E-state index in [1.165, 1.54) is 0 Å². The molecule has 0 saturated heterocycles. The van der Waals surface area contributed by atoms with Crippen LogP contribution in [0.5, 0.6) is 0 Å². The fourth-order valence-electron chi connectivity index (χ4n) is 1.05. The summed E-state index contributed by atoms with van der Waals surface area (Å²) in [5, 5.41) is 8.65. The molecule has 0 spiro atoms. The van der Waals surface area contributed by atoms with Crippen molar-refractivity contribution < 1.29 is 31.5 Å². The Morgan fingerprint density at radius 1 is 1.41 bits per heavy atom. The first-order chi connectivity index (χ1) is 7.57. The molecule has 9 heteroatoms. The van der Waals surface area contributed by atoms with Crippen LogP contribution >= 0.6 is 0 Å². The third-order valence-electron chi connectivity index (χ3n) is 1.85. The number of alkyl halides is 3. The Bertz CT molecular complexity index is 352. The van der Waals surface area contributed by atoms with E-state index in [0.717, 1.165) is 0 Å². The molecule has 102 valence electrons. The van der Waals surface area contributed by atoms with Crippen LogP contribution in [0.3, 0.4) is 0 Å². The summed E-state index contributed by atoms with van der Waals surface area (Å²) < 4.78 is 59.6. The zero-order valence-electron chi connectivity index (χ0n) is 9.12. The Hall–Kier alpha value is -0.830. The molecule has 0 aliphatic carbocycles. The highest BCUT2D eigenvalue weighted by atomic mass is 32.2. The summed E-state index contributed by atoms with van der Waals surface area (Å²) in [5.41, 5.74) is 0. The second kappa shape index (κ2) is 6.20. The quantitative estimate of drug-likeness (QED) is 0.730. The van der Waals surface area contributed by atoms with Gasteiger partial charge in [0.1, 0.15) is 6.04 Å². The van der Waals surface area contributed by atoms with Gasteiger partial charge in [0.05, 0.1) is 12.2 Å². The van der Waals surface area contributed by atoms with Crippen molar-refractivity contribution in [1.29, 1.82) is 0 Å². The number of rotatable bonds is 7. The maximum Gasteiger partial charge on any atom is 0.390 e. The Kier molecular flexibility index (Phi) is 5.89. The first-order valence-electron chi connectivity index (χ1n) is 4.87. The molecule has 0 aromatic carbocycles. The normalized spacial score (nSPS) is 14.6. The summed E-state index contributed by atoms with van der Waals surface area (Å²) in [6, 6.07) is -1.38. The Labute approximate surface area is 97.1 Å². The third kappa shape index (κ3) is 7.97. The Morgan fingerprint density at radius 2 is 1.94 bits per heavy atom. The summed E-state index contributed by atoms with van der Waals surface area (Å²) in [6.07, 6.45) is -5.65. The molecule has 0 bridgehead atoms. The molecule has 0 aromatic rings. The van der Waals surface area contributed by atoms with E-state index < -0.39 is 40.4 Å². The minimum Gasteiger partial charge on any atom is -0.480 e. The van der Waals surface area contributed by atoms with E-state index in [-0.39, 0.29) is 6.42 Å². The third-order valence-corrected chi connectivity index (χ3v) is 3.24. The molecule has 0 fully saturated rings. The van der Waals surface area contributed by atoms with E-state index in [0.29, 0.717) is 6.42 Å². The highest BCUT2D eigenvalue weighted by molar-refractivity contribution is 7.89. The number of aliphatic carboxylic acids is 1. The monoisotopic (exact) mass is 277 g/mol. The van der Waals surface area contributed by atoms with Gasteiger partial charge >= 0.3 is 12.1 Å². The zero-order valence-corrected chi connectivity index (χ0v) is 9.94. The van der Waals surface area contributed by atoms with Gasteiger partial charge in [0.15, 0.2) is 0 Å². The lowest BCUT2D eigenvalue weighted by Crippen LogP contribution is -2.42. The summed E-state index contributed by atoms with van der Waals surface area (Å²) in [6.45, 7) is 1.64. The van der Waals surface area contributed by atoms with Crippen LogP contribution in [0.15, 0.2) is 0 Å². The number of halogens is 3. The number of hydrogen-bond acceptors (Lipinski definition) is 3. The number of hydrogen-bond donors (Lipinski definition) is 2. The van der Waals surface area contributed by atoms with Crippen LogP contribution in [-0.4, -0.2) is 37.5 Å². The summed E-state index contributed by atoms with van der Waals surface area (Å²) in [7, 11) is -4.23. The molecular formula is C8H14F3NO4S. The summed E-state index contributed by atoms with van der Waals surface area (Å²) in [4.78, 5) is 10.6. The largest absolute Gasteiger partial charge is 0.480 e. The second-order valence-electron chi connectivity index (χ2n) is 3.48. The van der Waals surface area contributed by atoms with Crippen LogP contribution in [0.1, 0.15) is 26.2 Å². The smallest absolute Gasteiger partial charge is 0.390 e. The predicted molar refractivity (Wildman–Crippen MR) is 53.9 cm³/mol. The molecule has 5 nitrogen and oxygen atoms in total. The van der Waals surface area contributed by atoms with Crippen molar-refractivity contribution in [2.24, 2.45) is 0 Å². The van der Waals surface area contributed by atoms with Crippen molar-refractivity contribution in [2.45, 2.75) is 38.4 Å². The van der Waals surface area contributed by atoms with Gasteiger partial charge in [0, 0.05) is 0 Å². The number of carboxylic acid groups (broad SMARTS) is 1. The first-order valence-corrected chi connectivity index (χ1v) is 6.52. The number of sulfonamides is 1. The summed E-state index contributed by atoms with van der Waals surface area (Å²) in [5.74, 6) is -2.56. The lowest BCUT2D eigenvalue weighted by Gasteiger charge is -2.14. The van der Waals surface area contributed by atoms with Gasteiger partial charge in [-0.3, -0.25) is 4.79 Å². The molecule has 0 aliphatic rings. The van der Waals surface area contributed by atoms with Gasteiger partial charge in [-0.1, -0.05) is 13.3 Å². The van der Waals surface area contributed by atoms with E-state index in [1.54, 1.807) is 11.6 Å². The molecule has 0 heterocycles. The van der Waals surface area contributed by atoms with Crippen molar-refractivity contribution in [2.75, 3.05) is 5.75 Å². The molecule has 0 amide bonds. The number of nitrogens with one attached hydrogen (secondary N) is 1. The molecule has 0 aromatic heterocycles. The minimum absolute atomic E-state index is 0.0284. The molecule has 1 atom stereocenters. The molecule has 0 radical (unpaired) electrons. The molecular weight excluding hydrogens is 263 g/mol. The van der Waals surface area contributed by atoms with Crippen LogP contribution < -0.4 is 4.72 Å². The number of carbonyl (C=O) groups is 1. The van der Waals surface area contributed by atoms with Gasteiger partial charge < -0.3 is 5.11 Å². The lowest BCUT2D eigenvalue weighted by molar-refractivity contribution is -0.139. The average Bonchev–Trinajstić information content (AvgIpc) is 2.13. The van der Waals surface area contributed by atoms with E-state index in [1.807, 2.05) is 0 Å². The van der Waals surface area contributed by atoms with Crippen molar-refractivity contribution in [3.8, 4) is 0 Å². The maximum absolute atomic E-state index is 11.8. The molecule has 17 heavy (non-hydrogen) atoms. The Balaban J connectivity index is 4.46. The van der Waals surface area contributed by atoms with E-state index in [2.05, 4.69) is 0 Å². The van der Waals surface area contributed by atoms with Gasteiger partial charge in [-0.05, 0) is 6.42 Å². The average molecular weight is 277 g/mol. The van der Waals surface area contributed by atoms with Crippen LogP contribution in [-0.2, 0) is 14.8 Å². The van der Waals surface area contributed by atoms with Gasteiger partial charge in [0.2, 0.25) is 10.0 Å². The zero-order chi connectivity index (χ0) is 13.7. The molecule has 0 aliphatic heterocycles. The van der Waals surface area contributed by atoms with Gasteiger partial charge in [-0.15, -0.1) is 0 Å². The standard InChI is InChI=1S/C8H14F3NO4S/c1-2-3-6(7(13)14)12-17(15,16)5-4-8(9,10)11/h6,12H,2-5H2,1H3,(H,13,14). The highest BCUT2D eigenvalue weighted by Crippen LogP contribution is 2.20. The fourth-order valence-corrected chi connectivity index (χ4v) is 2.32. The van der Waals surface area contributed by atoms with E-state index >= 15 is 0 Å². The van der Waals surface area contributed by atoms with Gasteiger partial charge in [-0.25, -0.2) is 13.1 Å². The van der Waals surface area contributed by atoms with Crippen LogP contribution in [0.2, 0.25) is 0 Å². The highest BCUT2D eigenvalue weighted by Gasteiger charge is 2.31. The summed E-state index contributed by atoms with van der Waals surface area (Å²) >= 11 is 0. The van der Waals surface area contributed by atoms with Crippen molar-refractivity contribution in [1.82, 2.24) is 4.72 Å². The van der Waals surface area contributed by atoms with E-state index in [4.69, 9.17) is 5.11 Å². The number of carboxylic acids is 1. The van der Waals surface area contributed by atoms with Crippen molar-refractivity contribution >= 4 is 16.0 Å². The fraction of sp³-hybridized carbons (Fsp3) is 0.875. The van der Waals surface area contributed by atoms with Gasteiger partial charge in [0.25, 0.3) is 0 Å². The molecule has 2 N–H and O–H groups in total. The maximum atomic E-state index is 11.8. The van der Waals surface area contributed by atoms with Crippen LogP contribution in [0.25, 0.3) is 0 Å². The lowest BCUT2D eigenvalue weighted by atomic mass is 10.2. The topological polar surface area (TPSA) is 83.5 Å². The van der Waals surface area contributed by atoms with Crippen molar-refractivity contribution in [3.05, 3.63) is 0 Å². The van der Waals surface area contributed by atoms with Crippen LogP contribution in [0.4, 0.5) is 13.2 Å². The van der Waals surface area contributed by atoms with Crippen LogP contribution in [0, 0.1) is 0 Å².